The van der Waals surface area contributed by atoms with Crippen molar-refractivity contribution in [2.24, 2.45) is 0 Å². The average Bonchev–Trinajstić information content (AvgIpc) is 2.68. The van der Waals surface area contributed by atoms with Crippen LogP contribution in [0.4, 0.5) is 4.79 Å². The summed E-state index contributed by atoms with van der Waals surface area (Å²) in [5.74, 6) is 0.939. The second kappa shape index (κ2) is 5.10. The Bertz CT molecular complexity index is 536. The van der Waals surface area contributed by atoms with Gasteiger partial charge in [-0.25, -0.2) is 4.79 Å². The highest BCUT2D eigenvalue weighted by Gasteiger charge is 2.07. The molecule has 2 N–H and O–H groups in total. The first-order valence-electron chi connectivity index (χ1n) is 5.27. The molecule has 0 bridgehead atoms. The Morgan fingerprint density at radius 3 is 3.00 bits per heavy atom. The van der Waals surface area contributed by atoms with E-state index in [2.05, 4.69) is 9.72 Å². The summed E-state index contributed by atoms with van der Waals surface area (Å²) in [5, 5.41) is 9.53. The lowest BCUT2D eigenvalue weighted by Crippen LogP contribution is -2.02. The Morgan fingerprint density at radius 1 is 1.47 bits per heavy atom. The molecule has 0 aliphatic heterocycles. The fourth-order valence-electron chi connectivity index (χ4n) is 1.79. The Kier molecular flexibility index (Phi) is 3.54. The minimum Gasteiger partial charge on any atom is -0.449 e. The molecule has 2 rings (SSSR count). The summed E-state index contributed by atoms with van der Waals surface area (Å²) in [6.07, 6.45) is 2.36. The lowest BCUT2D eigenvalue weighted by Gasteiger charge is -2.01. The van der Waals surface area contributed by atoms with Gasteiger partial charge >= 0.3 is 6.16 Å². The van der Waals surface area contributed by atoms with Gasteiger partial charge in [-0.2, -0.15) is 0 Å². The van der Waals surface area contributed by atoms with Crippen LogP contribution in [0.3, 0.4) is 0 Å². The molecule has 2 aromatic rings. The van der Waals surface area contributed by atoms with Crippen molar-refractivity contribution in [2.45, 2.75) is 12.8 Å². The molecule has 0 saturated heterocycles. The standard InChI is InChI=1S/C12H12ClNO3/c13-5-1-2-8-7-14-11-4-3-9(6-10(8)11)17-12(15)16/h3-4,6-7,14H,1-2,5H2,(H,15,16). The zero-order chi connectivity index (χ0) is 12.3. The van der Waals surface area contributed by atoms with E-state index in [-0.39, 0.29) is 0 Å². The van der Waals surface area contributed by atoms with Crippen molar-refractivity contribution >= 4 is 28.7 Å². The smallest absolute Gasteiger partial charge is 0.449 e. The van der Waals surface area contributed by atoms with Gasteiger partial charge < -0.3 is 14.8 Å². The molecule has 0 radical (unpaired) electrons. The fourth-order valence-corrected chi connectivity index (χ4v) is 1.92. The summed E-state index contributed by atoms with van der Waals surface area (Å²) in [7, 11) is 0. The maximum atomic E-state index is 10.5. The van der Waals surface area contributed by atoms with Crippen molar-refractivity contribution in [1.82, 2.24) is 4.98 Å². The van der Waals surface area contributed by atoms with Gasteiger partial charge in [0.2, 0.25) is 0 Å². The molecule has 0 aliphatic rings. The Hall–Kier alpha value is -1.68. The summed E-state index contributed by atoms with van der Waals surface area (Å²) in [4.78, 5) is 13.6. The van der Waals surface area contributed by atoms with E-state index in [1.165, 1.54) is 0 Å². The Labute approximate surface area is 103 Å². The van der Waals surface area contributed by atoms with E-state index < -0.39 is 6.16 Å². The van der Waals surface area contributed by atoms with Crippen LogP contribution in [0, 0.1) is 0 Å². The van der Waals surface area contributed by atoms with Crippen molar-refractivity contribution in [3.63, 3.8) is 0 Å². The van der Waals surface area contributed by atoms with Gasteiger partial charge in [0.25, 0.3) is 0 Å². The molecule has 5 heteroatoms. The number of hydrogen-bond donors (Lipinski definition) is 2. The van der Waals surface area contributed by atoms with Crippen molar-refractivity contribution in [3.8, 4) is 5.75 Å². The predicted octanol–water partition coefficient (Wildman–Crippen LogP) is 3.40. The average molecular weight is 254 g/mol. The molecule has 1 aromatic carbocycles. The van der Waals surface area contributed by atoms with E-state index in [1.807, 2.05) is 6.20 Å². The van der Waals surface area contributed by atoms with Gasteiger partial charge in [0.05, 0.1) is 0 Å². The molecule has 0 atom stereocenters. The summed E-state index contributed by atoms with van der Waals surface area (Å²) in [6.45, 7) is 0. The van der Waals surface area contributed by atoms with E-state index in [1.54, 1.807) is 18.2 Å². The molecule has 0 amide bonds. The van der Waals surface area contributed by atoms with Crippen LogP contribution in [0.25, 0.3) is 10.9 Å². The number of H-pyrrole nitrogens is 1. The van der Waals surface area contributed by atoms with E-state index in [0.29, 0.717) is 11.6 Å². The Morgan fingerprint density at radius 2 is 2.29 bits per heavy atom. The summed E-state index contributed by atoms with van der Waals surface area (Å²) < 4.78 is 4.63. The number of halogens is 1. The van der Waals surface area contributed by atoms with Gasteiger partial charge in [-0.3, -0.25) is 0 Å². The third kappa shape index (κ3) is 2.71. The Balaban J connectivity index is 2.32. The van der Waals surface area contributed by atoms with Crippen LogP contribution in [0.1, 0.15) is 12.0 Å². The summed E-state index contributed by atoms with van der Waals surface area (Å²) >= 11 is 5.66. The highest BCUT2D eigenvalue weighted by Crippen LogP contribution is 2.24. The number of carboxylic acid groups (broad SMARTS) is 1. The molecule has 0 saturated carbocycles. The number of carbonyl (C=O) groups is 1. The maximum absolute atomic E-state index is 10.5. The van der Waals surface area contributed by atoms with Crippen LogP contribution in [-0.4, -0.2) is 22.1 Å². The molecule has 17 heavy (non-hydrogen) atoms. The number of benzene rings is 1. The molecule has 1 aromatic heterocycles. The van der Waals surface area contributed by atoms with Crippen LogP contribution < -0.4 is 4.74 Å². The quantitative estimate of drug-likeness (QED) is 0.499. The summed E-state index contributed by atoms with van der Waals surface area (Å²) in [5.41, 5.74) is 2.09. The minimum atomic E-state index is -1.30. The van der Waals surface area contributed by atoms with Crippen molar-refractivity contribution in [1.29, 1.82) is 0 Å². The second-order valence-electron chi connectivity index (χ2n) is 3.68. The molecule has 0 unspecified atom stereocenters. The van der Waals surface area contributed by atoms with Crippen LogP contribution in [0.2, 0.25) is 0 Å². The number of ether oxygens (including phenoxy) is 1. The third-order valence-electron chi connectivity index (χ3n) is 2.52. The highest BCUT2D eigenvalue weighted by molar-refractivity contribution is 6.17. The summed E-state index contributed by atoms with van der Waals surface area (Å²) in [6, 6.07) is 5.15. The van der Waals surface area contributed by atoms with E-state index in [0.717, 1.165) is 29.3 Å². The molecule has 90 valence electrons. The van der Waals surface area contributed by atoms with Crippen LogP contribution in [-0.2, 0) is 6.42 Å². The van der Waals surface area contributed by atoms with E-state index in [4.69, 9.17) is 16.7 Å². The highest BCUT2D eigenvalue weighted by atomic mass is 35.5. The van der Waals surface area contributed by atoms with Gasteiger partial charge in [0.15, 0.2) is 0 Å². The van der Waals surface area contributed by atoms with Crippen LogP contribution in [0.15, 0.2) is 24.4 Å². The van der Waals surface area contributed by atoms with Gasteiger partial charge in [0, 0.05) is 23.0 Å². The van der Waals surface area contributed by atoms with Crippen LogP contribution >= 0.6 is 11.6 Å². The number of hydrogen-bond acceptors (Lipinski definition) is 2. The number of aromatic amines is 1. The molecule has 4 nitrogen and oxygen atoms in total. The zero-order valence-corrected chi connectivity index (χ0v) is 9.83. The number of nitrogens with one attached hydrogen (secondary N) is 1. The fraction of sp³-hybridized carbons (Fsp3) is 0.250. The lowest BCUT2D eigenvalue weighted by atomic mass is 10.1. The number of rotatable bonds is 4. The van der Waals surface area contributed by atoms with Crippen LogP contribution in [0.5, 0.6) is 5.75 Å². The van der Waals surface area contributed by atoms with Gasteiger partial charge in [0.1, 0.15) is 5.75 Å². The molecule has 0 aliphatic carbocycles. The van der Waals surface area contributed by atoms with Crippen molar-refractivity contribution in [3.05, 3.63) is 30.0 Å². The maximum Gasteiger partial charge on any atom is 0.511 e. The first-order valence-corrected chi connectivity index (χ1v) is 5.81. The second-order valence-corrected chi connectivity index (χ2v) is 4.06. The molecule has 1 heterocycles. The molecule has 0 spiro atoms. The predicted molar refractivity (Wildman–Crippen MR) is 66.0 cm³/mol. The number of fused-ring (bicyclic) bond motifs is 1. The van der Waals surface area contributed by atoms with E-state index >= 15 is 0 Å². The van der Waals surface area contributed by atoms with Gasteiger partial charge in [-0.05, 0) is 36.6 Å². The minimum absolute atomic E-state index is 0.330. The first kappa shape index (κ1) is 11.8. The molecule has 0 fully saturated rings. The normalized spacial score (nSPS) is 10.6. The first-order chi connectivity index (χ1) is 8.20. The third-order valence-corrected chi connectivity index (χ3v) is 2.79. The number of alkyl halides is 1. The van der Waals surface area contributed by atoms with Crippen molar-refractivity contribution < 1.29 is 14.6 Å². The molecular weight excluding hydrogens is 242 g/mol. The lowest BCUT2D eigenvalue weighted by molar-refractivity contribution is 0.144. The zero-order valence-electron chi connectivity index (χ0n) is 9.07. The van der Waals surface area contributed by atoms with E-state index in [9.17, 15) is 4.79 Å². The topological polar surface area (TPSA) is 62.3 Å². The monoisotopic (exact) mass is 253 g/mol. The van der Waals surface area contributed by atoms with Crippen molar-refractivity contribution in [2.75, 3.05) is 5.88 Å². The number of aromatic nitrogens is 1. The SMILES string of the molecule is O=C(O)Oc1ccc2[nH]cc(CCCCl)c2c1. The largest absolute Gasteiger partial charge is 0.511 e. The number of aryl methyl sites for hydroxylation is 1. The van der Waals surface area contributed by atoms with Gasteiger partial charge in [-0.1, -0.05) is 0 Å². The van der Waals surface area contributed by atoms with Gasteiger partial charge in [-0.15, -0.1) is 11.6 Å². The molecular formula is C12H12ClNO3.